The lowest BCUT2D eigenvalue weighted by molar-refractivity contribution is -0.131. The predicted molar refractivity (Wildman–Crippen MR) is 128 cm³/mol. The zero-order valence-electron chi connectivity index (χ0n) is 18.5. The van der Waals surface area contributed by atoms with Gasteiger partial charge in [0.1, 0.15) is 17.8 Å². The van der Waals surface area contributed by atoms with Crippen molar-refractivity contribution in [3.05, 3.63) is 47.8 Å². The van der Waals surface area contributed by atoms with Crippen LogP contribution < -0.4 is 5.73 Å². The molecular weight excluding hydrogens is 424 g/mol. The van der Waals surface area contributed by atoms with E-state index in [2.05, 4.69) is 23.8 Å². The Labute approximate surface area is 193 Å². The molecule has 1 fully saturated rings. The van der Waals surface area contributed by atoms with Gasteiger partial charge in [-0.25, -0.2) is 14.6 Å². The van der Waals surface area contributed by atoms with Crippen LogP contribution in [0.15, 0.2) is 42.7 Å². The fraction of sp³-hybridized carbons (Fsp3) is 0.417. The second kappa shape index (κ2) is 9.69. The number of hydrogen-bond acceptors (Lipinski definition) is 5. The molecule has 1 amide bonds. The number of nitrogen functional groups attached to an aromatic ring is 1. The van der Waals surface area contributed by atoms with Gasteiger partial charge in [-0.15, -0.1) is 0 Å². The van der Waals surface area contributed by atoms with E-state index in [9.17, 15) is 4.79 Å². The molecule has 0 aliphatic carbocycles. The third-order valence-corrected chi connectivity index (χ3v) is 6.28. The highest BCUT2D eigenvalue weighted by Crippen LogP contribution is 2.34. The number of nitrogens with two attached hydrogens (primary N) is 1. The molecule has 1 aliphatic rings. The van der Waals surface area contributed by atoms with Crippen LogP contribution in [0, 0.1) is 5.92 Å². The van der Waals surface area contributed by atoms with Gasteiger partial charge in [0, 0.05) is 23.7 Å². The Hall–Kier alpha value is -2.93. The van der Waals surface area contributed by atoms with Crippen molar-refractivity contribution in [3.8, 4) is 11.3 Å². The minimum atomic E-state index is 0.0490. The molecule has 0 spiro atoms. The standard InChI is InChI=1S/C24H29ClN6O/c1-3-6-16(2)7-4-5-8-20(32)30-13-19(14-30)31-24-21(23(26)27-15-28-24)22(29-31)17-9-11-18(25)12-10-17/h5,8-12,15-16,19H,3-4,6-7,13-14H2,1-2H3,(H2,26,27,28). The molecule has 32 heavy (non-hydrogen) atoms. The van der Waals surface area contributed by atoms with Gasteiger partial charge < -0.3 is 10.6 Å². The molecule has 2 aromatic heterocycles. The molecule has 8 heteroatoms. The fourth-order valence-corrected chi connectivity index (χ4v) is 4.28. The molecule has 1 atom stereocenters. The predicted octanol–water partition coefficient (Wildman–Crippen LogP) is 4.88. The van der Waals surface area contributed by atoms with E-state index in [0.717, 1.165) is 29.5 Å². The van der Waals surface area contributed by atoms with Crippen molar-refractivity contribution in [2.45, 2.75) is 45.6 Å². The van der Waals surface area contributed by atoms with Crippen LogP contribution in [0.1, 0.15) is 45.6 Å². The molecule has 1 aliphatic heterocycles. The smallest absolute Gasteiger partial charge is 0.246 e. The summed E-state index contributed by atoms with van der Waals surface area (Å²) in [6.45, 7) is 5.66. The Balaban J connectivity index is 1.46. The maximum atomic E-state index is 12.5. The molecule has 0 radical (unpaired) electrons. The van der Waals surface area contributed by atoms with E-state index in [1.807, 2.05) is 39.9 Å². The first-order valence-electron chi connectivity index (χ1n) is 11.2. The van der Waals surface area contributed by atoms with E-state index in [1.54, 1.807) is 6.08 Å². The quantitative estimate of drug-likeness (QED) is 0.491. The van der Waals surface area contributed by atoms with Gasteiger partial charge in [0.15, 0.2) is 5.65 Å². The highest BCUT2D eigenvalue weighted by molar-refractivity contribution is 6.30. The van der Waals surface area contributed by atoms with E-state index >= 15 is 0 Å². The summed E-state index contributed by atoms with van der Waals surface area (Å²) in [7, 11) is 0. The number of likely N-dealkylation sites (tertiary alicyclic amines) is 1. The first kappa shape index (κ1) is 22.3. The zero-order valence-corrected chi connectivity index (χ0v) is 19.3. The van der Waals surface area contributed by atoms with Crippen molar-refractivity contribution >= 4 is 34.4 Å². The molecule has 1 unspecified atom stereocenters. The maximum absolute atomic E-state index is 12.5. The average molecular weight is 453 g/mol. The number of allylic oxidation sites excluding steroid dienone is 1. The van der Waals surface area contributed by atoms with Crippen LogP contribution in [0.3, 0.4) is 0 Å². The van der Waals surface area contributed by atoms with E-state index in [4.69, 9.17) is 22.4 Å². The van der Waals surface area contributed by atoms with Crippen molar-refractivity contribution in [1.82, 2.24) is 24.6 Å². The minimum Gasteiger partial charge on any atom is -0.383 e. The van der Waals surface area contributed by atoms with Crippen LogP contribution in [0.2, 0.25) is 5.02 Å². The van der Waals surface area contributed by atoms with Crippen molar-refractivity contribution in [1.29, 1.82) is 0 Å². The first-order valence-corrected chi connectivity index (χ1v) is 11.6. The number of carbonyl (C=O) groups is 1. The summed E-state index contributed by atoms with van der Waals surface area (Å²) < 4.78 is 1.87. The lowest BCUT2D eigenvalue weighted by Gasteiger charge is -2.38. The topological polar surface area (TPSA) is 89.9 Å². The molecule has 3 heterocycles. The number of benzene rings is 1. The zero-order chi connectivity index (χ0) is 22.7. The number of halogens is 1. The summed E-state index contributed by atoms with van der Waals surface area (Å²) in [4.78, 5) is 22.9. The molecular formula is C24H29ClN6O. The summed E-state index contributed by atoms with van der Waals surface area (Å²) in [5.41, 5.74) is 8.48. The van der Waals surface area contributed by atoms with Gasteiger partial charge in [-0.2, -0.15) is 5.10 Å². The molecule has 2 N–H and O–H groups in total. The average Bonchev–Trinajstić information content (AvgIpc) is 3.12. The SMILES string of the molecule is CCCC(C)CCC=CC(=O)N1CC(n2nc(-c3ccc(Cl)cc3)c3c(N)ncnc32)C1. The number of hydrogen-bond donors (Lipinski definition) is 1. The largest absolute Gasteiger partial charge is 0.383 e. The molecule has 7 nitrogen and oxygen atoms in total. The second-order valence-corrected chi connectivity index (χ2v) is 8.96. The fourth-order valence-electron chi connectivity index (χ4n) is 4.16. The number of fused-ring (bicyclic) bond motifs is 1. The van der Waals surface area contributed by atoms with Crippen molar-refractivity contribution < 1.29 is 4.79 Å². The Bertz CT molecular complexity index is 1120. The number of nitrogens with zero attached hydrogens (tertiary/aromatic N) is 5. The summed E-state index contributed by atoms with van der Waals surface area (Å²) >= 11 is 6.04. The number of anilines is 1. The Morgan fingerprint density at radius 3 is 2.72 bits per heavy atom. The van der Waals surface area contributed by atoms with Crippen LogP contribution in [-0.4, -0.2) is 43.6 Å². The summed E-state index contributed by atoms with van der Waals surface area (Å²) in [6.07, 6.45) is 9.65. The molecule has 0 bridgehead atoms. The van der Waals surface area contributed by atoms with Gasteiger partial charge in [-0.1, -0.05) is 56.5 Å². The van der Waals surface area contributed by atoms with E-state index < -0.39 is 0 Å². The van der Waals surface area contributed by atoms with Crippen LogP contribution >= 0.6 is 11.6 Å². The molecule has 1 saturated heterocycles. The molecule has 168 valence electrons. The lowest BCUT2D eigenvalue weighted by atomic mass is 10.0. The van der Waals surface area contributed by atoms with Gasteiger partial charge in [0.2, 0.25) is 5.91 Å². The van der Waals surface area contributed by atoms with Crippen molar-refractivity contribution in [3.63, 3.8) is 0 Å². The van der Waals surface area contributed by atoms with E-state index in [0.29, 0.717) is 35.5 Å². The number of rotatable bonds is 8. The molecule has 4 rings (SSSR count). The third-order valence-electron chi connectivity index (χ3n) is 6.02. The van der Waals surface area contributed by atoms with Gasteiger partial charge in [0.05, 0.1) is 11.4 Å². The third kappa shape index (κ3) is 4.63. The van der Waals surface area contributed by atoms with E-state index in [1.165, 1.54) is 19.2 Å². The highest BCUT2D eigenvalue weighted by atomic mass is 35.5. The number of carbonyl (C=O) groups excluding carboxylic acids is 1. The van der Waals surface area contributed by atoms with Gasteiger partial charge in [0.25, 0.3) is 0 Å². The normalized spacial score (nSPS) is 15.4. The van der Waals surface area contributed by atoms with Crippen molar-refractivity contribution in [2.24, 2.45) is 5.92 Å². The van der Waals surface area contributed by atoms with Crippen LogP contribution in [0.5, 0.6) is 0 Å². The molecule has 0 saturated carbocycles. The van der Waals surface area contributed by atoms with Gasteiger partial charge >= 0.3 is 0 Å². The second-order valence-electron chi connectivity index (χ2n) is 8.53. The Morgan fingerprint density at radius 1 is 1.25 bits per heavy atom. The first-order chi connectivity index (χ1) is 15.5. The Morgan fingerprint density at radius 2 is 2.00 bits per heavy atom. The minimum absolute atomic E-state index is 0.0490. The van der Waals surface area contributed by atoms with Gasteiger partial charge in [-0.3, -0.25) is 4.79 Å². The van der Waals surface area contributed by atoms with E-state index in [-0.39, 0.29) is 11.9 Å². The Kier molecular flexibility index (Phi) is 6.74. The lowest BCUT2D eigenvalue weighted by Crippen LogP contribution is -2.50. The van der Waals surface area contributed by atoms with Gasteiger partial charge in [-0.05, 0) is 37.0 Å². The molecule has 1 aromatic carbocycles. The van der Waals surface area contributed by atoms with Crippen LogP contribution in [0.25, 0.3) is 22.3 Å². The highest BCUT2D eigenvalue weighted by Gasteiger charge is 2.34. The van der Waals surface area contributed by atoms with Crippen LogP contribution in [0.4, 0.5) is 5.82 Å². The summed E-state index contributed by atoms with van der Waals surface area (Å²) in [5, 5.41) is 6.19. The maximum Gasteiger partial charge on any atom is 0.246 e. The van der Waals surface area contributed by atoms with Crippen LogP contribution in [-0.2, 0) is 4.79 Å². The summed E-state index contributed by atoms with van der Waals surface area (Å²) in [6, 6.07) is 7.50. The number of aromatic nitrogens is 4. The molecule has 3 aromatic rings. The number of amides is 1. The monoisotopic (exact) mass is 452 g/mol. The van der Waals surface area contributed by atoms with Crippen molar-refractivity contribution in [2.75, 3.05) is 18.8 Å². The summed E-state index contributed by atoms with van der Waals surface area (Å²) in [5.74, 6) is 1.14.